The predicted octanol–water partition coefficient (Wildman–Crippen LogP) is 1.30. The Kier molecular flexibility index (Phi) is 3.38. The van der Waals surface area contributed by atoms with E-state index >= 15 is 0 Å². The largest absolute Gasteiger partial charge is 0.397 e. The molecule has 2 heterocycles. The smallest absolute Gasteiger partial charge is 0.274 e. The molecule has 1 amide bonds. The van der Waals surface area contributed by atoms with Crippen LogP contribution in [0, 0.1) is 5.92 Å². The number of hydrogen-bond donors (Lipinski definition) is 1. The fourth-order valence-corrected chi connectivity index (χ4v) is 2.52. The number of hydrogen-bond acceptors (Lipinski definition) is 4. The second-order valence-corrected chi connectivity index (χ2v) is 5.36. The van der Waals surface area contributed by atoms with Crippen LogP contribution < -0.4 is 5.73 Å². The van der Waals surface area contributed by atoms with Gasteiger partial charge in [-0.25, -0.2) is 4.98 Å². The highest BCUT2D eigenvalue weighted by Gasteiger charge is 2.36. The summed E-state index contributed by atoms with van der Waals surface area (Å²) in [6.07, 6.45) is 4.83. The monoisotopic (exact) mass is 261 g/mol. The maximum absolute atomic E-state index is 12.6. The molecule has 1 saturated heterocycles. The van der Waals surface area contributed by atoms with Crippen LogP contribution in [0.1, 0.15) is 29.8 Å². The molecule has 1 aromatic heterocycles. The zero-order valence-corrected chi connectivity index (χ0v) is 10.9. The van der Waals surface area contributed by atoms with Gasteiger partial charge in [-0.2, -0.15) is 0 Å². The maximum Gasteiger partial charge on any atom is 0.274 e. The Bertz CT molecular complexity index is 468. The molecule has 0 spiro atoms. The molecule has 1 aromatic rings. The fourth-order valence-electron chi connectivity index (χ4n) is 2.52. The summed E-state index contributed by atoms with van der Waals surface area (Å²) in [4.78, 5) is 18.7. The maximum atomic E-state index is 12.6. The van der Waals surface area contributed by atoms with Gasteiger partial charge in [-0.1, -0.05) is 0 Å². The first-order valence-electron chi connectivity index (χ1n) is 6.85. The quantitative estimate of drug-likeness (QED) is 0.887. The van der Waals surface area contributed by atoms with Crippen LogP contribution in [0.25, 0.3) is 0 Å². The van der Waals surface area contributed by atoms with E-state index in [0.29, 0.717) is 23.3 Å². The van der Waals surface area contributed by atoms with E-state index < -0.39 is 0 Å². The second kappa shape index (κ2) is 5.17. The van der Waals surface area contributed by atoms with E-state index in [1.807, 2.05) is 4.90 Å². The van der Waals surface area contributed by atoms with Crippen LogP contribution in [0.2, 0.25) is 0 Å². The molecule has 2 N–H and O–H groups in total. The van der Waals surface area contributed by atoms with E-state index in [4.69, 9.17) is 10.5 Å². The zero-order valence-electron chi connectivity index (χ0n) is 10.9. The minimum Gasteiger partial charge on any atom is -0.397 e. The summed E-state index contributed by atoms with van der Waals surface area (Å²) in [5.41, 5.74) is 6.70. The Balaban J connectivity index is 1.76. The van der Waals surface area contributed by atoms with Gasteiger partial charge in [0.2, 0.25) is 0 Å². The fraction of sp³-hybridized carbons (Fsp3) is 0.571. The number of ether oxygens (including phenoxy) is 1. The zero-order chi connectivity index (χ0) is 13.2. The van der Waals surface area contributed by atoms with Gasteiger partial charge < -0.3 is 15.4 Å². The molecule has 0 aromatic carbocycles. The molecule has 1 saturated carbocycles. The predicted molar refractivity (Wildman–Crippen MR) is 71.6 cm³/mol. The molecular weight excluding hydrogens is 242 g/mol. The van der Waals surface area contributed by atoms with Crippen molar-refractivity contribution < 1.29 is 9.53 Å². The van der Waals surface area contributed by atoms with E-state index in [9.17, 15) is 4.79 Å². The first-order chi connectivity index (χ1) is 9.25. The van der Waals surface area contributed by atoms with E-state index in [2.05, 4.69) is 4.98 Å². The molecule has 0 bridgehead atoms. The topological polar surface area (TPSA) is 68.5 Å². The first kappa shape index (κ1) is 12.4. The average Bonchev–Trinajstić information content (AvgIpc) is 3.13. The Morgan fingerprint density at radius 3 is 2.95 bits per heavy atom. The van der Waals surface area contributed by atoms with Crippen molar-refractivity contribution in [2.75, 3.05) is 25.5 Å². The van der Waals surface area contributed by atoms with Crippen LogP contribution >= 0.6 is 0 Å². The summed E-state index contributed by atoms with van der Waals surface area (Å²) in [5.74, 6) is 0.419. The number of pyridine rings is 1. The summed E-state index contributed by atoms with van der Waals surface area (Å²) >= 11 is 0. The van der Waals surface area contributed by atoms with E-state index in [0.717, 1.165) is 39.0 Å². The van der Waals surface area contributed by atoms with E-state index in [1.165, 1.54) is 0 Å². The van der Waals surface area contributed by atoms with Crippen molar-refractivity contribution in [3.05, 3.63) is 24.0 Å². The van der Waals surface area contributed by atoms with Gasteiger partial charge in [0.15, 0.2) is 5.69 Å². The normalized spacial score (nSPS) is 22.4. The minimum atomic E-state index is -0.0347. The second-order valence-electron chi connectivity index (χ2n) is 5.36. The van der Waals surface area contributed by atoms with Gasteiger partial charge in [0.1, 0.15) is 0 Å². The highest BCUT2D eigenvalue weighted by atomic mass is 16.5. The van der Waals surface area contributed by atoms with Crippen molar-refractivity contribution in [1.29, 1.82) is 0 Å². The van der Waals surface area contributed by atoms with E-state index in [-0.39, 0.29) is 5.91 Å². The number of carbonyl (C=O) groups excluding carboxylic acids is 1. The number of nitrogens with two attached hydrogens (primary N) is 1. The van der Waals surface area contributed by atoms with Crippen LogP contribution in [0.15, 0.2) is 18.3 Å². The number of aromatic nitrogens is 1. The molecule has 2 aliphatic rings. The number of carbonyl (C=O) groups is 1. The summed E-state index contributed by atoms with van der Waals surface area (Å²) in [6.45, 7) is 2.33. The van der Waals surface area contributed by atoms with Gasteiger partial charge in [-0.3, -0.25) is 4.79 Å². The molecule has 3 rings (SSSR count). The van der Waals surface area contributed by atoms with Gasteiger partial charge >= 0.3 is 0 Å². The lowest BCUT2D eigenvalue weighted by atomic mass is 10.1. The molecule has 1 unspecified atom stereocenters. The first-order valence-corrected chi connectivity index (χ1v) is 6.85. The van der Waals surface area contributed by atoms with Crippen molar-refractivity contribution in [2.24, 2.45) is 5.92 Å². The molecule has 1 aliphatic heterocycles. The third-order valence-corrected chi connectivity index (χ3v) is 3.77. The summed E-state index contributed by atoms with van der Waals surface area (Å²) in [7, 11) is 0. The highest BCUT2D eigenvalue weighted by molar-refractivity contribution is 5.97. The third kappa shape index (κ3) is 2.71. The standard InChI is InChI=1S/C14H19N3O2/c15-12-2-1-6-16-13(12)14(18)17(11-3-4-11)8-10-5-7-19-9-10/h1-2,6,10-11H,3-5,7-9,15H2. The number of nitrogen functional groups attached to an aromatic ring is 1. The lowest BCUT2D eigenvalue weighted by molar-refractivity contribution is 0.0701. The van der Waals surface area contributed by atoms with Crippen LogP contribution in [0.5, 0.6) is 0 Å². The van der Waals surface area contributed by atoms with Gasteiger partial charge in [-0.15, -0.1) is 0 Å². The Morgan fingerprint density at radius 1 is 1.47 bits per heavy atom. The van der Waals surface area contributed by atoms with Gasteiger partial charge in [0.05, 0.1) is 12.3 Å². The Hall–Kier alpha value is -1.62. The minimum absolute atomic E-state index is 0.0347. The number of anilines is 1. The molecule has 5 heteroatoms. The van der Waals surface area contributed by atoms with Crippen LogP contribution in [0.3, 0.4) is 0 Å². The Morgan fingerprint density at radius 2 is 2.32 bits per heavy atom. The van der Waals surface area contributed by atoms with E-state index in [1.54, 1.807) is 18.3 Å². The summed E-state index contributed by atoms with van der Waals surface area (Å²) in [6, 6.07) is 3.84. The van der Waals surface area contributed by atoms with Crippen molar-refractivity contribution in [1.82, 2.24) is 9.88 Å². The lowest BCUT2D eigenvalue weighted by Gasteiger charge is -2.25. The molecular formula is C14H19N3O2. The molecule has 1 aliphatic carbocycles. The number of amides is 1. The summed E-state index contributed by atoms with van der Waals surface area (Å²) in [5, 5.41) is 0. The average molecular weight is 261 g/mol. The van der Waals surface area contributed by atoms with Crippen molar-refractivity contribution in [3.8, 4) is 0 Å². The van der Waals surface area contributed by atoms with Crippen molar-refractivity contribution in [3.63, 3.8) is 0 Å². The third-order valence-electron chi connectivity index (χ3n) is 3.77. The molecule has 19 heavy (non-hydrogen) atoms. The van der Waals surface area contributed by atoms with Gasteiger partial charge in [0.25, 0.3) is 5.91 Å². The van der Waals surface area contributed by atoms with Crippen molar-refractivity contribution in [2.45, 2.75) is 25.3 Å². The molecule has 102 valence electrons. The van der Waals surface area contributed by atoms with Gasteiger partial charge in [-0.05, 0) is 31.4 Å². The Labute approximate surface area is 112 Å². The molecule has 0 radical (unpaired) electrons. The molecule has 5 nitrogen and oxygen atoms in total. The van der Waals surface area contributed by atoms with Gasteiger partial charge in [0, 0.05) is 31.3 Å². The highest BCUT2D eigenvalue weighted by Crippen LogP contribution is 2.30. The summed E-state index contributed by atoms with van der Waals surface area (Å²) < 4.78 is 5.39. The number of nitrogens with zero attached hydrogens (tertiary/aromatic N) is 2. The SMILES string of the molecule is Nc1cccnc1C(=O)N(CC1CCOC1)C1CC1. The van der Waals surface area contributed by atoms with Crippen molar-refractivity contribution >= 4 is 11.6 Å². The lowest BCUT2D eigenvalue weighted by Crippen LogP contribution is -2.38. The van der Waals surface area contributed by atoms with Crippen LogP contribution in [0.4, 0.5) is 5.69 Å². The van der Waals surface area contributed by atoms with Crippen LogP contribution in [-0.2, 0) is 4.74 Å². The van der Waals surface area contributed by atoms with Crippen LogP contribution in [-0.4, -0.2) is 41.6 Å². The number of rotatable bonds is 4. The molecule has 2 fully saturated rings. The molecule has 1 atom stereocenters.